The van der Waals surface area contributed by atoms with Gasteiger partial charge in [0.15, 0.2) is 5.13 Å². The van der Waals surface area contributed by atoms with Crippen LogP contribution in [0.2, 0.25) is 0 Å². The van der Waals surface area contributed by atoms with Gasteiger partial charge in [0, 0.05) is 16.0 Å². The van der Waals surface area contributed by atoms with Gasteiger partial charge in [-0.15, -0.1) is 23.1 Å². The number of thiazole rings is 1. The number of hydrogen-bond donors (Lipinski definition) is 2. The Kier molecular flexibility index (Phi) is 5.12. The fraction of sp³-hybridized carbons (Fsp3) is 0.375. The smallest absolute Gasteiger partial charge is 0.258 e. The first-order valence-electron chi connectivity index (χ1n) is 7.38. The molecular formula is C16H19N3OS2. The second-order valence-electron chi connectivity index (χ2n) is 5.25. The minimum atomic E-state index is -0.0869. The average Bonchev–Trinajstić information content (AvgIpc) is 3.04. The van der Waals surface area contributed by atoms with E-state index in [2.05, 4.69) is 15.6 Å². The Morgan fingerprint density at radius 1 is 1.36 bits per heavy atom. The van der Waals surface area contributed by atoms with E-state index in [0.29, 0.717) is 16.6 Å². The fourth-order valence-electron chi connectivity index (χ4n) is 2.64. The van der Waals surface area contributed by atoms with Crippen molar-refractivity contribution in [2.75, 3.05) is 24.7 Å². The Morgan fingerprint density at radius 3 is 2.91 bits per heavy atom. The number of carbonyl (C=O) groups is 1. The minimum absolute atomic E-state index is 0.0869. The Bertz CT molecular complexity index is 650. The van der Waals surface area contributed by atoms with Crippen LogP contribution in [0, 0.1) is 0 Å². The van der Waals surface area contributed by atoms with Crippen molar-refractivity contribution in [3.8, 4) is 0 Å². The second kappa shape index (κ2) is 7.26. The molecule has 0 aliphatic carbocycles. The molecule has 0 radical (unpaired) electrons. The van der Waals surface area contributed by atoms with Gasteiger partial charge in [0.05, 0.1) is 5.56 Å². The minimum Gasteiger partial charge on any atom is -0.317 e. The highest BCUT2D eigenvalue weighted by Gasteiger charge is 2.19. The van der Waals surface area contributed by atoms with Crippen molar-refractivity contribution in [1.82, 2.24) is 10.3 Å². The van der Waals surface area contributed by atoms with Gasteiger partial charge in [-0.2, -0.15) is 0 Å². The van der Waals surface area contributed by atoms with E-state index in [1.807, 2.05) is 36.7 Å². The van der Waals surface area contributed by atoms with Crippen LogP contribution in [0.5, 0.6) is 0 Å². The Labute approximate surface area is 138 Å². The Balaban J connectivity index is 1.70. The van der Waals surface area contributed by atoms with Gasteiger partial charge in [0.2, 0.25) is 0 Å². The van der Waals surface area contributed by atoms with Gasteiger partial charge in [-0.1, -0.05) is 12.1 Å². The number of hydrogen-bond acceptors (Lipinski definition) is 5. The van der Waals surface area contributed by atoms with E-state index >= 15 is 0 Å². The summed E-state index contributed by atoms with van der Waals surface area (Å²) in [5.74, 6) is 0.485. The lowest BCUT2D eigenvalue weighted by Crippen LogP contribution is -2.26. The number of thioether (sulfide) groups is 1. The standard InChI is InChI=1S/C16H19N3OS2/c1-21-13-5-3-2-4-12(13)15(20)19-16-18-10-14(22-16)11-6-8-17-9-7-11/h2-5,10-11,17H,6-9H2,1H3,(H,18,19,20). The summed E-state index contributed by atoms with van der Waals surface area (Å²) in [6.07, 6.45) is 6.18. The number of benzene rings is 1. The normalized spacial score (nSPS) is 15.7. The second-order valence-corrected chi connectivity index (χ2v) is 7.16. The molecule has 0 bridgehead atoms. The molecule has 116 valence electrons. The third-order valence-corrected chi connectivity index (χ3v) is 5.71. The van der Waals surface area contributed by atoms with Crippen LogP contribution in [-0.2, 0) is 0 Å². The zero-order valence-corrected chi connectivity index (χ0v) is 14.1. The number of carbonyl (C=O) groups excluding carboxylic acids is 1. The van der Waals surface area contributed by atoms with Gasteiger partial charge in [-0.25, -0.2) is 4.98 Å². The van der Waals surface area contributed by atoms with Gasteiger partial charge >= 0.3 is 0 Å². The SMILES string of the molecule is CSc1ccccc1C(=O)Nc1ncc(C2CCNCC2)s1. The maximum atomic E-state index is 12.4. The number of rotatable bonds is 4. The summed E-state index contributed by atoms with van der Waals surface area (Å²) in [4.78, 5) is 19.0. The number of aromatic nitrogens is 1. The van der Waals surface area contributed by atoms with Gasteiger partial charge < -0.3 is 5.32 Å². The summed E-state index contributed by atoms with van der Waals surface area (Å²) in [5, 5.41) is 6.99. The molecule has 2 heterocycles. The van der Waals surface area contributed by atoms with Crippen LogP contribution in [0.15, 0.2) is 35.4 Å². The molecule has 1 aromatic carbocycles. The molecule has 2 aromatic rings. The van der Waals surface area contributed by atoms with Gasteiger partial charge in [-0.3, -0.25) is 10.1 Å². The van der Waals surface area contributed by atoms with Crippen molar-refractivity contribution in [1.29, 1.82) is 0 Å². The number of nitrogens with zero attached hydrogens (tertiary/aromatic N) is 1. The van der Waals surface area contributed by atoms with Crippen molar-refractivity contribution in [3.05, 3.63) is 40.9 Å². The third kappa shape index (κ3) is 3.51. The van der Waals surface area contributed by atoms with Crippen molar-refractivity contribution in [2.24, 2.45) is 0 Å². The molecule has 4 nitrogen and oxygen atoms in total. The summed E-state index contributed by atoms with van der Waals surface area (Å²) >= 11 is 3.18. The zero-order valence-electron chi connectivity index (χ0n) is 12.5. The molecule has 3 rings (SSSR count). The molecule has 1 amide bonds. The summed E-state index contributed by atoms with van der Waals surface area (Å²) in [6, 6.07) is 7.64. The molecule has 1 aliphatic rings. The highest BCUT2D eigenvalue weighted by atomic mass is 32.2. The van der Waals surface area contributed by atoms with Crippen LogP contribution in [-0.4, -0.2) is 30.2 Å². The molecular weight excluding hydrogens is 314 g/mol. The van der Waals surface area contributed by atoms with E-state index in [0.717, 1.165) is 30.8 Å². The fourth-order valence-corrected chi connectivity index (χ4v) is 4.21. The number of nitrogens with one attached hydrogen (secondary N) is 2. The topological polar surface area (TPSA) is 54.0 Å². The number of anilines is 1. The first-order chi connectivity index (χ1) is 10.8. The predicted octanol–water partition coefficient (Wildman–Crippen LogP) is 3.58. The van der Waals surface area contributed by atoms with E-state index in [1.165, 1.54) is 4.88 Å². The third-order valence-electron chi connectivity index (χ3n) is 3.84. The average molecular weight is 333 g/mol. The van der Waals surface area contributed by atoms with Crippen LogP contribution in [0.4, 0.5) is 5.13 Å². The predicted molar refractivity (Wildman–Crippen MR) is 93.1 cm³/mol. The molecule has 22 heavy (non-hydrogen) atoms. The summed E-state index contributed by atoms with van der Waals surface area (Å²) < 4.78 is 0. The van der Waals surface area contributed by atoms with Gasteiger partial charge in [-0.05, 0) is 50.2 Å². The van der Waals surface area contributed by atoms with Crippen LogP contribution >= 0.6 is 23.1 Å². The largest absolute Gasteiger partial charge is 0.317 e. The zero-order chi connectivity index (χ0) is 15.4. The van der Waals surface area contributed by atoms with Gasteiger partial charge in [0.1, 0.15) is 0 Å². The van der Waals surface area contributed by atoms with Crippen molar-refractivity contribution in [3.63, 3.8) is 0 Å². The quantitative estimate of drug-likeness (QED) is 0.840. The summed E-state index contributed by atoms with van der Waals surface area (Å²) in [5.41, 5.74) is 0.702. The van der Waals surface area contributed by atoms with Crippen LogP contribution < -0.4 is 10.6 Å². The molecule has 0 atom stereocenters. The molecule has 6 heteroatoms. The molecule has 0 unspecified atom stereocenters. The highest BCUT2D eigenvalue weighted by molar-refractivity contribution is 7.98. The van der Waals surface area contributed by atoms with Crippen LogP contribution in [0.1, 0.15) is 34.0 Å². The molecule has 0 spiro atoms. The van der Waals surface area contributed by atoms with E-state index < -0.39 is 0 Å². The maximum absolute atomic E-state index is 12.4. The molecule has 2 N–H and O–H groups in total. The number of piperidine rings is 1. The van der Waals surface area contributed by atoms with Crippen LogP contribution in [0.25, 0.3) is 0 Å². The summed E-state index contributed by atoms with van der Waals surface area (Å²) in [7, 11) is 0. The lowest BCUT2D eigenvalue weighted by molar-refractivity contribution is 0.102. The lowest BCUT2D eigenvalue weighted by Gasteiger charge is -2.20. The first kappa shape index (κ1) is 15.5. The molecule has 1 fully saturated rings. The van der Waals surface area contributed by atoms with E-state index in [4.69, 9.17) is 0 Å². The Hall–Kier alpha value is -1.37. The molecule has 0 saturated carbocycles. The van der Waals surface area contributed by atoms with Crippen molar-refractivity contribution < 1.29 is 4.79 Å². The van der Waals surface area contributed by atoms with Crippen LogP contribution in [0.3, 0.4) is 0 Å². The van der Waals surface area contributed by atoms with Crippen molar-refractivity contribution in [2.45, 2.75) is 23.7 Å². The molecule has 1 saturated heterocycles. The van der Waals surface area contributed by atoms with E-state index in [9.17, 15) is 4.79 Å². The Morgan fingerprint density at radius 2 is 2.14 bits per heavy atom. The monoisotopic (exact) mass is 333 g/mol. The lowest BCUT2D eigenvalue weighted by atomic mass is 9.97. The highest BCUT2D eigenvalue weighted by Crippen LogP contribution is 2.32. The van der Waals surface area contributed by atoms with Gasteiger partial charge in [0.25, 0.3) is 5.91 Å². The summed E-state index contributed by atoms with van der Waals surface area (Å²) in [6.45, 7) is 2.12. The molecule has 1 aliphatic heterocycles. The maximum Gasteiger partial charge on any atom is 0.258 e. The van der Waals surface area contributed by atoms with Crippen molar-refractivity contribution >= 4 is 34.1 Å². The van der Waals surface area contributed by atoms with E-state index in [-0.39, 0.29) is 5.91 Å². The first-order valence-corrected chi connectivity index (χ1v) is 9.43. The number of amides is 1. The molecule has 1 aromatic heterocycles. The van der Waals surface area contributed by atoms with E-state index in [1.54, 1.807) is 23.1 Å².